The molecule has 0 aromatic carbocycles. The van der Waals surface area contributed by atoms with Gasteiger partial charge < -0.3 is 14.7 Å². The van der Waals surface area contributed by atoms with Gasteiger partial charge in [-0.1, -0.05) is 0 Å². The Morgan fingerprint density at radius 1 is 1.05 bits per heavy atom. The lowest BCUT2D eigenvalue weighted by Crippen LogP contribution is -2.50. The molecule has 1 N–H and O–H groups in total. The quantitative estimate of drug-likeness (QED) is 0.860. The molecule has 3 heterocycles. The molecular weight excluding hydrogens is 286 g/mol. The maximum atomic E-state index is 10.3. The van der Waals surface area contributed by atoms with E-state index in [1.54, 1.807) is 0 Å². The highest BCUT2D eigenvalue weighted by Crippen LogP contribution is 2.22. The van der Waals surface area contributed by atoms with Gasteiger partial charge in [-0.25, -0.2) is 0 Å². The zero-order valence-electron chi connectivity index (χ0n) is 12.5. The van der Waals surface area contributed by atoms with Crippen LogP contribution in [0.4, 0.5) is 5.00 Å². The number of aliphatic hydroxyl groups excluding tert-OH is 1. The third-order valence-electron chi connectivity index (χ3n) is 4.23. The summed E-state index contributed by atoms with van der Waals surface area (Å²) in [7, 11) is 0. The monoisotopic (exact) mass is 311 g/mol. The van der Waals surface area contributed by atoms with Crippen LogP contribution in [0, 0.1) is 0 Å². The SMILES string of the molecule is OC(CN1CCOCC1)CN1CCN(c2cccs2)CC1. The van der Waals surface area contributed by atoms with E-state index in [1.807, 2.05) is 11.3 Å². The van der Waals surface area contributed by atoms with E-state index < -0.39 is 0 Å². The summed E-state index contributed by atoms with van der Waals surface area (Å²) < 4.78 is 5.34. The number of aliphatic hydroxyl groups is 1. The van der Waals surface area contributed by atoms with Gasteiger partial charge in [-0.15, -0.1) is 11.3 Å². The van der Waals surface area contributed by atoms with Gasteiger partial charge >= 0.3 is 0 Å². The maximum absolute atomic E-state index is 10.3. The predicted octanol–water partition coefficient (Wildman–Crippen LogP) is 0.563. The first-order chi connectivity index (χ1) is 10.3. The number of nitrogens with zero attached hydrogens (tertiary/aromatic N) is 3. The van der Waals surface area contributed by atoms with Gasteiger partial charge in [0.25, 0.3) is 0 Å². The number of hydrogen-bond acceptors (Lipinski definition) is 6. The van der Waals surface area contributed by atoms with E-state index in [-0.39, 0.29) is 6.10 Å². The summed E-state index contributed by atoms with van der Waals surface area (Å²) in [4.78, 5) is 7.13. The predicted molar refractivity (Wildman–Crippen MR) is 86.2 cm³/mol. The van der Waals surface area contributed by atoms with Gasteiger partial charge in [-0.2, -0.15) is 0 Å². The second kappa shape index (κ2) is 7.56. The summed E-state index contributed by atoms with van der Waals surface area (Å²) >= 11 is 1.81. The molecule has 0 spiro atoms. The molecule has 0 bridgehead atoms. The summed E-state index contributed by atoms with van der Waals surface area (Å²) in [5.41, 5.74) is 0. The van der Waals surface area contributed by atoms with Crippen molar-refractivity contribution in [3.05, 3.63) is 17.5 Å². The van der Waals surface area contributed by atoms with Gasteiger partial charge in [0.15, 0.2) is 0 Å². The molecule has 1 aromatic heterocycles. The molecule has 118 valence electrons. The number of piperazine rings is 1. The van der Waals surface area contributed by atoms with Gasteiger partial charge in [-0.3, -0.25) is 9.80 Å². The van der Waals surface area contributed by atoms with E-state index in [0.29, 0.717) is 0 Å². The van der Waals surface area contributed by atoms with Crippen molar-refractivity contribution < 1.29 is 9.84 Å². The number of anilines is 1. The Kier molecular flexibility index (Phi) is 5.49. The molecular formula is C15H25N3O2S. The molecule has 5 nitrogen and oxygen atoms in total. The minimum atomic E-state index is -0.253. The van der Waals surface area contributed by atoms with E-state index in [0.717, 1.165) is 65.6 Å². The Balaban J connectivity index is 1.38. The number of ether oxygens (including phenoxy) is 1. The summed E-state index contributed by atoms with van der Waals surface area (Å²) in [6.45, 7) is 9.25. The van der Waals surface area contributed by atoms with Crippen LogP contribution >= 0.6 is 11.3 Å². The molecule has 0 amide bonds. The highest BCUT2D eigenvalue weighted by atomic mass is 32.1. The van der Waals surface area contributed by atoms with E-state index in [9.17, 15) is 5.11 Å². The van der Waals surface area contributed by atoms with Crippen LogP contribution in [0.2, 0.25) is 0 Å². The third kappa shape index (κ3) is 4.40. The lowest BCUT2D eigenvalue weighted by molar-refractivity contribution is 0.00657. The van der Waals surface area contributed by atoms with Crippen molar-refractivity contribution >= 4 is 16.3 Å². The van der Waals surface area contributed by atoms with E-state index in [2.05, 4.69) is 32.2 Å². The number of thiophene rings is 1. The maximum Gasteiger partial charge on any atom is 0.0909 e. The highest BCUT2D eigenvalue weighted by Gasteiger charge is 2.21. The van der Waals surface area contributed by atoms with E-state index >= 15 is 0 Å². The first kappa shape index (κ1) is 15.2. The summed E-state index contributed by atoms with van der Waals surface area (Å²) in [5.74, 6) is 0. The molecule has 0 aliphatic carbocycles. The van der Waals surface area contributed by atoms with Gasteiger partial charge in [0, 0.05) is 52.4 Å². The van der Waals surface area contributed by atoms with Crippen molar-refractivity contribution in [1.29, 1.82) is 0 Å². The summed E-state index contributed by atoms with van der Waals surface area (Å²) in [5, 5.41) is 13.8. The fourth-order valence-corrected chi connectivity index (χ4v) is 3.82. The van der Waals surface area contributed by atoms with Crippen LogP contribution in [0.25, 0.3) is 0 Å². The molecule has 1 aromatic rings. The zero-order valence-corrected chi connectivity index (χ0v) is 13.3. The van der Waals surface area contributed by atoms with Crippen molar-refractivity contribution in [2.45, 2.75) is 6.10 Å². The normalized spacial score (nSPS) is 23.4. The van der Waals surface area contributed by atoms with Gasteiger partial charge in [0.1, 0.15) is 0 Å². The van der Waals surface area contributed by atoms with Crippen LogP contribution in [-0.4, -0.2) is 86.6 Å². The molecule has 2 fully saturated rings. The molecule has 1 unspecified atom stereocenters. The van der Waals surface area contributed by atoms with E-state index in [1.165, 1.54) is 5.00 Å². The van der Waals surface area contributed by atoms with Crippen LogP contribution in [0.1, 0.15) is 0 Å². The van der Waals surface area contributed by atoms with Crippen molar-refractivity contribution in [2.24, 2.45) is 0 Å². The number of rotatable bonds is 5. The molecule has 0 radical (unpaired) electrons. The molecule has 1 atom stereocenters. The second-order valence-corrected chi connectivity index (χ2v) is 6.73. The summed E-state index contributed by atoms with van der Waals surface area (Å²) in [6.07, 6.45) is -0.253. The molecule has 2 saturated heterocycles. The minimum absolute atomic E-state index is 0.253. The largest absolute Gasteiger partial charge is 0.390 e. The fourth-order valence-electron chi connectivity index (χ4n) is 3.04. The number of morpholine rings is 1. The lowest BCUT2D eigenvalue weighted by atomic mass is 10.2. The molecule has 21 heavy (non-hydrogen) atoms. The van der Waals surface area contributed by atoms with Crippen molar-refractivity contribution in [2.75, 3.05) is 70.5 Å². The third-order valence-corrected chi connectivity index (χ3v) is 5.16. The Labute approximate surface area is 130 Å². The highest BCUT2D eigenvalue weighted by molar-refractivity contribution is 7.14. The molecule has 2 aliphatic heterocycles. The van der Waals surface area contributed by atoms with Gasteiger partial charge in [0.05, 0.1) is 24.3 Å². The Morgan fingerprint density at radius 2 is 1.71 bits per heavy atom. The van der Waals surface area contributed by atoms with Crippen LogP contribution in [0.15, 0.2) is 17.5 Å². The molecule has 2 aliphatic rings. The first-order valence-corrected chi connectivity index (χ1v) is 8.68. The van der Waals surface area contributed by atoms with Crippen LogP contribution < -0.4 is 4.90 Å². The van der Waals surface area contributed by atoms with Crippen LogP contribution in [0.5, 0.6) is 0 Å². The Bertz CT molecular complexity index is 401. The average Bonchev–Trinajstić information content (AvgIpc) is 3.03. The number of β-amino-alcohol motifs (C(OH)–C–C–N with tert-alkyl or cyclic N) is 1. The van der Waals surface area contributed by atoms with Crippen LogP contribution in [-0.2, 0) is 4.74 Å². The van der Waals surface area contributed by atoms with Crippen molar-refractivity contribution in [1.82, 2.24) is 9.80 Å². The van der Waals surface area contributed by atoms with Crippen LogP contribution in [0.3, 0.4) is 0 Å². The summed E-state index contributed by atoms with van der Waals surface area (Å²) in [6, 6.07) is 4.30. The smallest absolute Gasteiger partial charge is 0.0909 e. The first-order valence-electron chi connectivity index (χ1n) is 7.80. The average molecular weight is 311 g/mol. The van der Waals surface area contributed by atoms with Crippen molar-refractivity contribution in [3.8, 4) is 0 Å². The van der Waals surface area contributed by atoms with Gasteiger partial charge in [-0.05, 0) is 17.5 Å². The second-order valence-electron chi connectivity index (χ2n) is 5.81. The molecule has 3 rings (SSSR count). The standard InChI is InChI=1S/C15H25N3O2S/c19-14(13-17-7-9-20-10-8-17)12-16-3-5-18(6-4-16)15-2-1-11-21-15/h1-2,11,14,19H,3-10,12-13H2. The Hall–Kier alpha value is -0.660. The lowest BCUT2D eigenvalue weighted by Gasteiger charge is -2.37. The Morgan fingerprint density at radius 3 is 2.33 bits per heavy atom. The topological polar surface area (TPSA) is 39.2 Å². The fraction of sp³-hybridized carbons (Fsp3) is 0.733. The van der Waals surface area contributed by atoms with E-state index in [4.69, 9.17) is 4.74 Å². The minimum Gasteiger partial charge on any atom is -0.390 e. The molecule has 6 heteroatoms. The zero-order chi connectivity index (χ0) is 14.5. The molecule has 0 saturated carbocycles. The van der Waals surface area contributed by atoms with Crippen molar-refractivity contribution in [3.63, 3.8) is 0 Å². The number of hydrogen-bond donors (Lipinski definition) is 1. The van der Waals surface area contributed by atoms with Gasteiger partial charge in [0.2, 0.25) is 0 Å².